The van der Waals surface area contributed by atoms with Gasteiger partial charge >= 0.3 is 5.97 Å². The van der Waals surface area contributed by atoms with Crippen molar-refractivity contribution in [1.82, 2.24) is 4.98 Å². The van der Waals surface area contributed by atoms with Crippen LogP contribution in [0, 0.1) is 11.6 Å². The number of esters is 1. The molecule has 3 rings (SSSR count). The molecule has 150 valence electrons. The molecule has 0 spiro atoms. The van der Waals surface area contributed by atoms with E-state index >= 15 is 0 Å². The summed E-state index contributed by atoms with van der Waals surface area (Å²) in [5.41, 5.74) is 0.0509. The first-order valence-corrected chi connectivity index (χ1v) is 9.11. The highest BCUT2D eigenvalue weighted by atomic mass is 35.5. The SMILES string of the molecule is CC(OC(=O)CCc1ncc(-c2c(F)cccc2F)o1)C(=O)c1ccc(Cl)cc1. The van der Waals surface area contributed by atoms with Gasteiger partial charge < -0.3 is 9.15 Å². The van der Waals surface area contributed by atoms with Crippen molar-refractivity contribution in [2.45, 2.75) is 25.9 Å². The lowest BCUT2D eigenvalue weighted by Gasteiger charge is -2.12. The molecule has 3 aromatic rings. The number of rotatable bonds is 7. The first kappa shape index (κ1) is 20.7. The van der Waals surface area contributed by atoms with Crippen LogP contribution in [0.3, 0.4) is 0 Å². The van der Waals surface area contributed by atoms with Gasteiger partial charge in [-0.1, -0.05) is 17.7 Å². The van der Waals surface area contributed by atoms with Gasteiger partial charge in [0.05, 0.1) is 18.2 Å². The van der Waals surface area contributed by atoms with Crippen molar-refractivity contribution in [3.05, 3.63) is 76.8 Å². The number of Topliss-reactive ketones (excluding diaryl/α,β-unsaturated/α-hetero) is 1. The van der Waals surface area contributed by atoms with Gasteiger partial charge in [0.25, 0.3) is 0 Å². The van der Waals surface area contributed by atoms with E-state index in [4.69, 9.17) is 20.8 Å². The minimum atomic E-state index is -0.976. The molecule has 0 radical (unpaired) electrons. The van der Waals surface area contributed by atoms with Crippen LogP contribution in [-0.4, -0.2) is 22.8 Å². The van der Waals surface area contributed by atoms with Crippen LogP contribution >= 0.6 is 11.6 Å². The van der Waals surface area contributed by atoms with Crippen LogP contribution in [0.2, 0.25) is 5.02 Å². The number of ketones is 1. The lowest BCUT2D eigenvalue weighted by molar-refractivity contribution is -0.146. The molecular weight excluding hydrogens is 404 g/mol. The highest BCUT2D eigenvalue weighted by molar-refractivity contribution is 6.30. The van der Waals surface area contributed by atoms with Gasteiger partial charge in [0.2, 0.25) is 5.78 Å². The average Bonchev–Trinajstić information content (AvgIpc) is 3.15. The zero-order chi connectivity index (χ0) is 21.0. The number of carbonyl (C=O) groups excluding carboxylic acids is 2. The van der Waals surface area contributed by atoms with E-state index in [1.165, 1.54) is 19.2 Å². The second-order valence-corrected chi connectivity index (χ2v) is 6.65. The van der Waals surface area contributed by atoms with Crippen molar-refractivity contribution in [1.29, 1.82) is 0 Å². The normalized spacial score (nSPS) is 11.9. The Labute approximate surface area is 170 Å². The number of hydrogen-bond donors (Lipinski definition) is 0. The molecule has 1 heterocycles. The Kier molecular flexibility index (Phi) is 6.39. The van der Waals surface area contributed by atoms with E-state index in [0.29, 0.717) is 10.6 Å². The lowest BCUT2D eigenvalue weighted by Crippen LogP contribution is -2.24. The average molecular weight is 420 g/mol. The summed E-state index contributed by atoms with van der Waals surface area (Å²) >= 11 is 5.78. The molecule has 0 saturated carbocycles. The Morgan fingerprint density at radius 1 is 1.14 bits per heavy atom. The van der Waals surface area contributed by atoms with E-state index in [-0.39, 0.29) is 35.8 Å². The van der Waals surface area contributed by atoms with Gasteiger partial charge in [0.15, 0.2) is 17.8 Å². The Morgan fingerprint density at radius 2 is 1.79 bits per heavy atom. The highest BCUT2D eigenvalue weighted by Gasteiger charge is 2.20. The molecule has 0 aliphatic carbocycles. The first-order chi connectivity index (χ1) is 13.8. The van der Waals surface area contributed by atoms with E-state index in [1.54, 1.807) is 24.3 Å². The molecule has 1 aromatic heterocycles. The van der Waals surface area contributed by atoms with Crippen molar-refractivity contribution in [2.24, 2.45) is 0 Å². The Hall–Kier alpha value is -3.06. The Bertz CT molecular complexity index is 1010. The Balaban J connectivity index is 1.56. The summed E-state index contributed by atoms with van der Waals surface area (Å²) < 4.78 is 38.1. The summed E-state index contributed by atoms with van der Waals surface area (Å²) in [5.74, 6) is -2.49. The van der Waals surface area contributed by atoms with E-state index < -0.39 is 23.7 Å². The number of aromatic nitrogens is 1. The smallest absolute Gasteiger partial charge is 0.307 e. The summed E-state index contributed by atoms with van der Waals surface area (Å²) in [4.78, 5) is 28.2. The number of benzene rings is 2. The van der Waals surface area contributed by atoms with Crippen molar-refractivity contribution in [2.75, 3.05) is 0 Å². The second kappa shape index (κ2) is 8.96. The molecule has 0 aliphatic rings. The zero-order valence-corrected chi connectivity index (χ0v) is 16.1. The van der Waals surface area contributed by atoms with Crippen molar-refractivity contribution in [3.8, 4) is 11.3 Å². The second-order valence-electron chi connectivity index (χ2n) is 6.22. The minimum Gasteiger partial charge on any atom is -0.454 e. The number of aryl methyl sites for hydroxylation is 1. The summed E-state index contributed by atoms with van der Waals surface area (Å²) in [5, 5.41) is 0.492. The molecule has 5 nitrogen and oxygen atoms in total. The van der Waals surface area contributed by atoms with Gasteiger partial charge in [-0.25, -0.2) is 13.8 Å². The molecule has 0 amide bonds. The van der Waals surface area contributed by atoms with Gasteiger partial charge in [0, 0.05) is 17.0 Å². The number of carbonyl (C=O) groups is 2. The van der Waals surface area contributed by atoms with Crippen LogP contribution < -0.4 is 0 Å². The monoisotopic (exact) mass is 419 g/mol. The van der Waals surface area contributed by atoms with E-state index in [1.807, 2.05) is 0 Å². The largest absolute Gasteiger partial charge is 0.454 e. The fourth-order valence-electron chi connectivity index (χ4n) is 2.64. The van der Waals surface area contributed by atoms with Crippen LogP contribution in [0.4, 0.5) is 8.78 Å². The summed E-state index contributed by atoms with van der Waals surface area (Å²) in [7, 11) is 0. The van der Waals surface area contributed by atoms with E-state index in [0.717, 1.165) is 12.1 Å². The van der Waals surface area contributed by atoms with E-state index in [9.17, 15) is 18.4 Å². The van der Waals surface area contributed by atoms with Crippen LogP contribution in [0.5, 0.6) is 0 Å². The predicted molar refractivity (Wildman–Crippen MR) is 102 cm³/mol. The van der Waals surface area contributed by atoms with Crippen molar-refractivity contribution < 1.29 is 27.5 Å². The maximum Gasteiger partial charge on any atom is 0.307 e. The maximum absolute atomic E-state index is 13.8. The van der Waals surface area contributed by atoms with Crippen molar-refractivity contribution in [3.63, 3.8) is 0 Å². The molecule has 1 unspecified atom stereocenters. The molecule has 0 saturated heterocycles. The third-order valence-corrected chi connectivity index (χ3v) is 4.36. The van der Waals surface area contributed by atoms with Crippen LogP contribution in [0.15, 0.2) is 53.1 Å². The number of nitrogens with zero attached hydrogens (tertiary/aromatic N) is 1. The fourth-order valence-corrected chi connectivity index (χ4v) is 2.77. The van der Waals surface area contributed by atoms with Crippen molar-refractivity contribution >= 4 is 23.4 Å². The number of hydrogen-bond acceptors (Lipinski definition) is 5. The van der Waals surface area contributed by atoms with Gasteiger partial charge in [0.1, 0.15) is 11.6 Å². The molecule has 1 atom stereocenters. The molecule has 0 N–H and O–H groups in total. The molecular formula is C21H16ClF2NO4. The van der Waals surface area contributed by atoms with Gasteiger partial charge in [-0.3, -0.25) is 9.59 Å². The van der Waals surface area contributed by atoms with Gasteiger partial charge in [-0.2, -0.15) is 0 Å². The van der Waals surface area contributed by atoms with E-state index in [2.05, 4.69) is 4.98 Å². The summed E-state index contributed by atoms with van der Waals surface area (Å²) in [6, 6.07) is 9.70. The number of halogens is 3. The molecule has 0 fully saturated rings. The zero-order valence-electron chi connectivity index (χ0n) is 15.3. The molecule has 0 aliphatic heterocycles. The van der Waals surface area contributed by atoms with Crippen LogP contribution in [0.25, 0.3) is 11.3 Å². The van der Waals surface area contributed by atoms with Gasteiger partial charge in [-0.15, -0.1) is 0 Å². The summed E-state index contributed by atoms with van der Waals surface area (Å²) in [6.07, 6.45) is 0.153. The topological polar surface area (TPSA) is 69.4 Å². The highest BCUT2D eigenvalue weighted by Crippen LogP contribution is 2.26. The number of ether oxygens (including phenoxy) is 1. The van der Waals surface area contributed by atoms with Crippen LogP contribution in [0.1, 0.15) is 29.6 Å². The lowest BCUT2D eigenvalue weighted by atomic mass is 10.1. The maximum atomic E-state index is 13.8. The Morgan fingerprint density at radius 3 is 2.45 bits per heavy atom. The summed E-state index contributed by atoms with van der Waals surface area (Å²) in [6.45, 7) is 1.47. The van der Waals surface area contributed by atoms with Crippen LogP contribution in [-0.2, 0) is 16.0 Å². The number of oxazole rings is 1. The molecule has 8 heteroatoms. The molecule has 29 heavy (non-hydrogen) atoms. The molecule has 0 bridgehead atoms. The third-order valence-electron chi connectivity index (χ3n) is 4.11. The first-order valence-electron chi connectivity index (χ1n) is 8.73. The molecule has 2 aromatic carbocycles. The predicted octanol–water partition coefficient (Wildman–Crippen LogP) is 5.02. The third kappa shape index (κ3) is 5.06. The quantitative estimate of drug-likeness (QED) is 0.397. The minimum absolute atomic E-state index is 0.0523. The van der Waals surface area contributed by atoms with Gasteiger partial charge in [-0.05, 0) is 43.3 Å². The standard InChI is InChI=1S/C21H16ClF2NO4/c1-12(21(27)13-5-7-14(22)8-6-13)28-19(26)10-9-18-25-11-17(29-18)20-15(23)3-2-4-16(20)24/h2-8,11-12H,9-10H2,1H3. The fraction of sp³-hybridized carbons (Fsp3) is 0.190.